The number of hydroxylamine groups is 1. The fourth-order valence-corrected chi connectivity index (χ4v) is 1.72. The van der Waals surface area contributed by atoms with Crippen molar-refractivity contribution in [2.24, 2.45) is 5.10 Å². The lowest BCUT2D eigenvalue weighted by Gasteiger charge is -2.05. The van der Waals surface area contributed by atoms with E-state index in [2.05, 4.69) is 25.7 Å². The average Bonchev–Trinajstić information content (AvgIpc) is 2.60. The van der Waals surface area contributed by atoms with E-state index in [0.717, 1.165) is 4.88 Å². The first-order chi connectivity index (χ1) is 7.61. The molecule has 0 saturated heterocycles. The van der Waals surface area contributed by atoms with Crippen molar-refractivity contribution in [2.45, 2.75) is 6.54 Å². The zero-order valence-electron chi connectivity index (χ0n) is 8.14. The molecule has 10 heteroatoms. The van der Waals surface area contributed by atoms with Gasteiger partial charge in [-0.25, -0.2) is 20.6 Å². The topological polar surface area (TPSA) is 102 Å². The molecule has 0 saturated carbocycles. The van der Waals surface area contributed by atoms with E-state index in [1.165, 1.54) is 18.4 Å². The fraction of sp³-hybridized carbons (Fsp3) is 0.333. The number of hydrazone groups is 1. The Kier molecular flexibility index (Phi) is 4.89. The predicted molar refractivity (Wildman–Crippen MR) is 58.5 cm³/mol. The quantitative estimate of drug-likeness (QED) is 0.357. The highest BCUT2D eigenvalue weighted by Gasteiger charge is 2.05. The second-order valence-electron chi connectivity index (χ2n) is 2.43. The summed E-state index contributed by atoms with van der Waals surface area (Å²) >= 11 is 6.89. The van der Waals surface area contributed by atoms with Crippen LogP contribution in [0.2, 0.25) is 4.47 Å². The smallest absolute Gasteiger partial charge is 0.293 e. The van der Waals surface area contributed by atoms with Crippen molar-refractivity contribution in [3.05, 3.63) is 25.7 Å². The van der Waals surface area contributed by atoms with Gasteiger partial charge in [-0.3, -0.25) is 4.84 Å². The minimum atomic E-state index is -0.839. The monoisotopic (exact) mass is 265 g/mol. The number of aromatic nitrogens is 1. The van der Waals surface area contributed by atoms with Crippen LogP contribution in [-0.4, -0.2) is 23.1 Å². The molecule has 1 aromatic rings. The van der Waals surface area contributed by atoms with Gasteiger partial charge in [-0.2, -0.15) is 0 Å². The van der Waals surface area contributed by atoms with Gasteiger partial charge >= 0.3 is 0 Å². The van der Waals surface area contributed by atoms with Crippen LogP contribution in [0.25, 0.3) is 0 Å². The van der Waals surface area contributed by atoms with Gasteiger partial charge in [-0.05, 0) is 0 Å². The largest absolute Gasteiger partial charge is 0.344 e. The summed E-state index contributed by atoms with van der Waals surface area (Å²) in [6, 6.07) is 0. The summed E-state index contributed by atoms with van der Waals surface area (Å²) in [6.07, 6.45) is 1.57. The molecular weight excluding hydrogens is 258 g/mol. The number of nitrogens with one attached hydrogen (secondary N) is 2. The third-order valence-corrected chi connectivity index (χ3v) is 2.45. The lowest BCUT2D eigenvalue weighted by molar-refractivity contribution is -0.485. The van der Waals surface area contributed by atoms with E-state index >= 15 is 0 Å². The number of hydrogen-bond acceptors (Lipinski definition) is 5. The van der Waals surface area contributed by atoms with Gasteiger partial charge in [-0.15, -0.1) is 11.3 Å². The Balaban J connectivity index is 2.53. The summed E-state index contributed by atoms with van der Waals surface area (Å²) in [7, 11) is 1.32. The number of halogens is 1. The molecule has 0 radical (unpaired) electrons. The molecule has 0 amide bonds. The summed E-state index contributed by atoms with van der Waals surface area (Å²) < 4.78 is 0.407. The molecule has 1 rings (SSSR count). The lowest BCUT2D eigenvalue weighted by atomic mass is 10.5. The third kappa shape index (κ3) is 4.38. The number of guanidine groups is 1. The zero-order chi connectivity index (χ0) is 12.0. The molecule has 0 aliphatic carbocycles. The SMILES string of the molecule is CON/C(=N\[N+](=O)[O-])NCc1cnc(Cl)s1. The van der Waals surface area contributed by atoms with Crippen LogP contribution < -0.4 is 10.8 Å². The molecule has 0 spiro atoms. The molecule has 2 N–H and O–H groups in total. The van der Waals surface area contributed by atoms with Gasteiger partial charge in [0.05, 0.1) is 13.7 Å². The van der Waals surface area contributed by atoms with E-state index in [4.69, 9.17) is 11.6 Å². The van der Waals surface area contributed by atoms with Crippen LogP contribution in [0.5, 0.6) is 0 Å². The van der Waals surface area contributed by atoms with Gasteiger partial charge in [0, 0.05) is 11.1 Å². The molecule has 0 fully saturated rings. The maximum absolute atomic E-state index is 10.2. The van der Waals surface area contributed by atoms with Gasteiger partial charge in [-0.1, -0.05) is 11.6 Å². The van der Waals surface area contributed by atoms with Gasteiger partial charge in [0.15, 0.2) is 9.50 Å². The molecule has 0 aliphatic heterocycles. The lowest BCUT2D eigenvalue weighted by Crippen LogP contribution is -2.36. The molecular formula is C6H8ClN5O3S. The normalized spacial score (nSPS) is 11.2. The summed E-state index contributed by atoms with van der Waals surface area (Å²) in [4.78, 5) is 19.3. The van der Waals surface area contributed by atoms with Crippen LogP contribution >= 0.6 is 22.9 Å². The Labute approximate surface area is 99.4 Å². The van der Waals surface area contributed by atoms with Crippen LogP contribution in [-0.2, 0) is 11.4 Å². The molecule has 1 heterocycles. The van der Waals surface area contributed by atoms with Crippen molar-refractivity contribution in [1.82, 2.24) is 15.8 Å². The Morgan fingerprint density at radius 1 is 1.88 bits per heavy atom. The van der Waals surface area contributed by atoms with Crippen LogP contribution in [0.15, 0.2) is 11.3 Å². The van der Waals surface area contributed by atoms with Gasteiger partial charge in [0.1, 0.15) is 5.10 Å². The molecule has 0 bridgehead atoms. The van der Waals surface area contributed by atoms with Gasteiger partial charge in [0.2, 0.25) is 0 Å². The first kappa shape index (κ1) is 12.6. The number of thiazole rings is 1. The highest BCUT2D eigenvalue weighted by molar-refractivity contribution is 7.15. The molecule has 8 nitrogen and oxygen atoms in total. The van der Waals surface area contributed by atoms with E-state index in [1.807, 2.05) is 0 Å². The highest BCUT2D eigenvalue weighted by atomic mass is 35.5. The molecule has 1 aromatic heterocycles. The predicted octanol–water partition coefficient (Wildman–Crippen LogP) is 0.585. The molecule has 0 aromatic carbocycles. The van der Waals surface area contributed by atoms with E-state index in [0.29, 0.717) is 11.0 Å². The van der Waals surface area contributed by atoms with Crippen molar-refractivity contribution in [2.75, 3.05) is 7.11 Å². The Morgan fingerprint density at radius 2 is 2.62 bits per heavy atom. The van der Waals surface area contributed by atoms with Crippen molar-refractivity contribution < 1.29 is 9.87 Å². The second-order valence-corrected chi connectivity index (χ2v) is 4.12. The Hall–Kier alpha value is -1.45. The van der Waals surface area contributed by atoms with Crippen LogP contribution in [0.1, 0.15) is 4.88 Å². The zero-order valence-corrected chi connectivity index (χ0v) is 9.71. The highest BCUT2D eigenvalue weighted by Crippen LogP contribution is 2.16. The van der Waals surface area contributed by atoms with E-state index in [1.54, 1.807) is 6.20 Å². The van der Waals surface area contributed by atoms with Crippen molar-refractivity contribution in [1.29, 1.82) is 0 Å². The van der Waals surface area contributed by atoms with Crippen molar-refractivity contribution in [3.8, 4) is 0 Å². The maximum Gasteiger partial charge on any atom is 0.293 e. The van der Waals surface area contributed by atoms with Crippen LogP contribution in [0.4, 0.5) is 0 Å². The van der Waals surface area contributed by atoms with Crippen molar-refractivity contribution >= 4 is 28.9 Å². The number of nitro groups is 1. The fourth-order valence-electron chi connectivity index (χ4n) is 0.806. The van der Waals surface area contributed by atoms with E-state index in [9.17, 15) is 10.1 Å². The van der Waals surface area contributed by atoms with Gasteiger partial charge < -0.3 is 5.32 Å². The van der Waals surface area contributed by atoms with Crippen LogP contribution in [0, 0.1) is 10.1 Å². The minimum Gasteiger partial charge on any atom is -0.344 e. The van der Waals surface area contributed by atoms with Crippen LogP contribution in [0.3, 0.4) is 0 Å². The van der Waals surface area contributed by atoms with Crippen molar-refractivity contribution in [3.63, 3.8) is 0 Å². The van der Waals surface area contributed by atoms with E-state index < -0.39 is 5.03 Å². The standard InChI is InChI=1S/C6H8ClN5O3S/c1-15-11-6(10-12(13)14)9-3-4-2-8-5(7)16-4/h2H,3H2,1H3,(H2,9,10,11). The summed E-state index contributed by atoms with van der Waals surface area (Å²) in [6.45, 7) is 0.313. The maximum atomic E-state index is 10.2. The number of rotatable bonds is 4. The van der Waals surface area contributed by atoms with Gasteiger partial charge in [0.25, 0.3) is 5.96 Å². The minimum absolute atomic E-state index is 0.1000. The molecule has 0 unspecified atom stereocenters. The average molecular weight is 266 g/mol. The number of nitrogens with zero attached hydrogens (tertiary/aromatic N) is 3. The Bertz CT molecular complexity index is 395. The summed E-state index contributed by atoms with van der Waals surface area (Å²) in [5.74, 6) is -0.1000. The van der Waals surface area contributed by atoms with E-state index in [-0.39, 0.29) is 5.96 Å². The summed E-state index contributed by atoms with van der Waals surface area (Å²) in [5, 5.41) is 15.0. The summed E-state index contributed by atoms with van der Waals surface area (Å²) in [5.41, 5.74) is 2.24. The molecule has 16 heavy (non-hydrogen) atoms. The Morgan fingerprint density at radius 3 is 3.12 bits per heavy atom. The molecule has 88 valence electrons. The second kappa shape index (κ2) is 6.20. The molecule has 0 atom stereocenters. The third-order valence-electron chi connectivity index (χ3n) is 1.34. The first-order valence-corrected chi connectivity index (χ1v) is 5.17. The number of hydrogen-bond donors (Lipinski definition) is 2. The molecule has 0 aliphatic rings. The first-order valence-electron chi connectivity index (χ1n) is 3.98.